The summed E-state index contributed by atoms with van der Waals surface area (Å²) in [5.41, 5.74) is 3.88. The third-order valence-corrected chi connectivity index (χ3v) is 6.14. The summed E-state index contributed by atoms with van der Waals surface area (Å²) in [6.07, 6.45) is 5.81. The number of aromatic nitrogens is 2. The molecule has 6 heteroatoms. The monoisotopic (exact) mass is 385 g/mol. The Labute approximate surface area is 164 Å². The lowest BCUT2D eigenvalue weighted by Gasteiger charge is -2.39. The Bertz CT molecular complexity index is 862. The van der Waals surface area contributed by atoms with Gasteiger partial charge in [0.05, 0.1) is 18.2 Å². The number of carbonyl (C=O) groups is 1. The maximum absolute atomic E-state index is 12.3. The van der Waals surface area contributed by atoms with Crippen molar-refractivity contribution in [1.29, 1.82) is 0 Å². The van der Waals surface area contributed by atoms with E-state index < -0.39 is 5.41 Å². The first-order valence-corrected chi connectivity index (χ1v) is 9.98. The number of hydrogen-bond donors (Lipinski definition) is 0. The van der Waals surface area contributed by atoms with Gasteiger partial charge in [-0.2, -0.15) is 4.98 Å². The van der Waals surface area contributed by atoms with Crippen LogP contribution in [0.1, 0.15) is 49.4 Å². The fraction of sp³-hybridized carbons (Fsp3) is 0.476. The summed E-state index contributed by atoms with van der Waals surface area (Å²) >= 11 is 6.18. The number of aryl methyl sites for hydroxylation is 1. The molecule has 2 aliphatic rings. The molecule has 0 radical (unpaired) electrons. The quantitative estimate of drug-likeness (QED) is 0.565. The molecule has 0 saturated heterocycles. The lowest BCUT2D eigenvalue weighted by Crippen LogP contribution is -2.43. The Morgan fingerprint density at radius 3 is 2.52 bits per heavy atom. The number of halogens is 1. The Morgan fingerprint density at radius 2 is 1.93 bits per heavy atom. The normalized spacial score (nSPS) is 17.1. The molecule has 0 N–H and O–H groups in total. The molecule has 0 unspecified atom stereocenters. The number of hydrogen-bond acceptors (Lipinski definition) is 5. The summed E-state index contributed by atoms with van der Waals surface area (Å²) in [5.74, 6) is 0.776. The zero-order chi connectivity index (χ0) is 19.0. The molecule has 0 amide bonds. The van der Waals surface area contributed by atoms with Crippen LogP contribution in [0.4, 0.5) is 11.5 Å². The molecular formula is C21H24ClN3O2. The third-order valence-electron chi connectivity index (χ3n) is 5.97. The van der Waals surface area contributed by atoms with Crippen LogP contribution in [0.5, 0.6) is 0 Å². The maximum atomic E-state index is 12.3. The molecule has 2 aliphatic carbocycles. The van der Waals surface area contributed by atoms with E-state index in [1.54, 1.807) is 0 Å². The molecule has 2 aromatic rings. The van der Waals surface area contributed by atoms with Crippen molar-refractivity contribution in [3.05, 3.63) is 46.4 Å². The zero-order valence-electron chi connectivity index (χ0n) is 15.8. The fourth-order valence-electron chi connectivity index (χ4n) is 4.36. The third kappa shape index (κ3) is 2.98. The highest BCUT2D eigenvalue weighted by Crippen LogP contribution is 2.45. The van der Waals surface area contributed by atoms with Gasteiger partial charge in [-0.15, -0.1) is 0 Å². The topological polar surface area (TPSA) is 55.3 Å². The van der Waals surface area contributed by atoms with Crippen molar-refractivity contribution in [3.63, 3.8) is 0 Å². The lowest BCUT2D eigenvalue weighted by atomic mass is 9.64. The van der Waals surface area contributed by atoms with Gasteiger partial charge in [0.1, 0.15) is 5.82 Å². The SMILES string of the molecule is CCN(c1ccc(C2(C(=O)OC)CCC2)cc1)c1nc(Cl)nc2c1CCC2. The van der Waals surface area contributed by atoms with Crippen LogP contribution in [0.15, 0.2) is 24.3 Å². The Morgan fingerprint density at radius 1 is 1.19 bits per heavy atom. The molecule has 0 bridgehead atoms. The van der Waals surface area contributed by atoms with Gasteiger partial charge in [-0.3, -0.25) is 4.79 Å². The van der Waals surface area contributed by atoms with Crippen LogP contribution < -0.4 is 4.90 Å². The number of methoxy groups -OCH3 is 1. The number of fused-ring (bicyclic) bond motifs is 1. The van der Waals surface area contributed by atoms with Gasteiger partial charge in [0.25, 0.3) is 0 Å². The molecule has 142 valence electrons. The molecule has 1 saturated carbocycles. The zero-order valence-corrected chi connectivity index (χ0v) is 16.6. The first kappa shape index (κ1) is 18.2. The van der Waals surface area contributed by atoms with E-state index in [0.29, 0.717) is 5.28 Å². The summed E-state index contributed by atoms with van der Waals surface area (Å²) in [6.45, 7) is 2.88. The highest BCUT2D eigenvalue weighted by Gasteiger charge is 2.46. The summed E-state index contributed by atoms with van der Waals surface area (Å²) in [7, 11) is 1.47. The van der Waals surface area contributed by atoms with E-state index >= 15 is 0 Å². The Balaban J connectivity index is 1.68. The lowest BCUT2D eigenvalue weighted by molar-refractivity contribution is -0.151. The second kappa shape index (κ2) is 7.12. The van der Waals surface area contributed by atoms with Gasteiger partial charge >= 0.3 is 5.97 Å². The van der Waals surface area contributed by atoms with Gasteiger partial charge in [0.2, 0.25) is 5.28 Å². The van der Waals surface area contributed by atoms with Crippen LogP contribution in [-0.4, -0.2) is 29.6 Å². The number of rotatable bonds is 5. The van der Waals surface area contributed by atoms with Gasteiger partial charge in [0.15, 0.2) is 0 Å². The fourth-order valence-corrected chi connectivity index (χ4v) is 4.54. The number of nitrogens with zero attached hydrogens (tertiary/aromatic N) is 3. The van der Waals surface area contributed by atoms with E-state index in [-0.39, 0.29) is 5.97 Å². The molecule has 4 rings (SSSR count). The van der Waals surface area contributed by atoms with Crippen LogP contribution >= 0.6 is 11.6 Å². The van der Waals surface area contributed by atoms with Gasteiger partial charge in [-0.25, -0.2) is 4.98 Å². The van der Waals surface area contributed by atoms with Crippen molar-refractivity contribution in [2.45, 2.75) is 50.9 Å². The van der Waals surface area contributed by atoms with Gasteiger partial charge in [0, 0.05) is 17.8 Å². The number of ether oxygens (including phenoxy) is 1. The standard InChI is InChI=1S/C21H24ClN3O2/c1-3-25(18-16-6-4-7-17(16)23-20(22)24-18)15-10-8-14(9-11-15)21(12-5-13-21)19(26)27-2/h8-11H,3-7,12-13H2,1-2H3. The second-order valence-electron chi connectivity index (χ2n) is 7.31. The van der Waals surface area contributed by atoms with Crippen LogP contribution in [0, 0.1) is 0 Å². The summed E-state index contributed by atoms with van der Waals surface area (Å²) in [5, 5.41) is 0.305. The van der Waals surface area contributed by atoms with Crippen molar-refractivity contribution < 1.29 is 9.53 Å². The van der Waals surface area contributed by atoms with Crippen molar-refractivity contribution in [2.24, 2.45) is 0 Å². The van der Waals surface area contributed by atoms with Crippen LogP contribution in [0.25, 0.3) is 0 Å². The first-order valence-electron chi connectivity index (χ1n) is 9.61. The van der Waals surface area contributed by atoms with Gasteiger partial charge in [-0.1, -0.05) is 18.6 Å². The molecule has 1 aromatic heterocycles. The molecule has 5 nitrogen and oxygen atoms in total. The minimum Gasteiger partial charge on any atom is -0.468 e. The average Bonchev–Trinajstić information content (AvgIpc) is 3.10. The van der Waals surface area contributed by atoms with E-state index in [4.69, 9.17) is 16.3 Å². The largest absolute Gasteiger partial charge is 0.468 e. The van der Waals surface area contributed by atoms with E-state index in [2.05, 4.69) is 46.1 Å². The predicted octanol–water partition coefficient (Wildman–Crippen LogP) is 4.37. The number of carbonyl (C=O) groups excluding carboxylic acids is 1. The van der Waals surface area contributed by atoms with Gasteiger partial charge in [-0.05, 0) is 68.3 Å². The minimum absolute atomic E-state index is 0.130. The molecule has 1 heterocycles. The minimum atomic E-state index is -0.468. The molecule has 0 aliphatic heterocycles. The Kier molecular flexibility index (Phi) is 4.81. The predicted molar refractivity (Wildman–Crippen MR) is 106 cm³/mol. The molecule has 1 fully saturated rings. The van der Waals surface area contributed by atoms with E-state index in [9.17, 15) is 4.79 Å². The van der Waals surface area contributed by atoms with Crippen molar-refractivity contribution in [2.75, 3.05) is 18.6 Å². The second-order valence-corrected chi connectivity index (χ2v) is 7.65. The van der Waals surface area contributed by atoms with E-state index in [1.165, 1.54) is 12.7 Å². The Hall–Kier alpha value is -2.14. The smallest absolute Gasteiger partial charge is 0.316 e. The summed E-state index contributed by atoms with van der Waals surface area (Å²) < 4.78 is 5.06. The van der Waals surface area contributed by atoms with Crippen molar-refractivity contribution >= 4 is 29.1 Å². The van der Waals surface area contributed by atoms with E-state index in [0.717, 1.165) is 67.8 Å². The molecule has 1 aromatic carbocycles. The average molecular weight is 386 g/mol. The molecule has 0 spiro atoms. The van der Waals surface area contributed by atoms with E-state index in [1.807, 2.05) is 0 Å². The summed E-state index contributed by atoms with van der Waals surface area (Å²) in [6, 6.07) is 8.24. The summed E-state index contributed by atoms with van der Waals surface area (Å²) in [4.78, 5) is 23.4. The van der Waals surface area contributed by atoms with Crippen molar-refractivity contribution in [3.8, 4) is 0 Å². The first-order chi connectivity index (χ1) is 13.1. The van der Waals surface area contributed by atoms with Gasteiger partial charge < -0.3 is 9.64 Å². The highest BCUT2D eigenvalue weighted by atomic mass is 35.5. The molecular weight excluding hydrogens is 362 g/mol. The number of esters is 1. The van der Waals surface area contributed by atoms with Crippen molar-refractivity contribution in [1.82, 2.24) is 9.97 Å². The molecule has 0 atom stereocenters. The molecule has 27 heavy (non-hydrogen) atoms. The number of benzene rings is 1. The van der Waals surface area contributed by atoms with Crippen LogP contribution in [0.3, 0.4) is 0 Å². The number of anilines is 2. The highest BCUT2D eigenvalue weighted by molar-refractivity contribution is 6.28. The van der Waals surface area contributed by atoms with Crippen LogP contribution in [-0.2, 0) is 27.8 Å². The maximum Gasteiger partial charge on any atom is 0.316 e. The van der Waals surface area contributed by atoms with Crippen LogP contribution in [0.2, 0.25) is 5.28 Å².